The zero-order valence-corrected chi connectivity index (χ0v) is 9.39. The topological polar surface area (TPSA) is 82.2 Å². The fourth-order valence-corrected chi connectivity index (χ4v) is 1.91. The van der Waals surface area contributed by atoms with Gasteiger partial charge in [0, 0.05) is 25.3 Å². The molecule has 1 saturated heterocycles. The maximum absolute atomic E-state index is 12.3. The first-order valence-corrected chi connectivity index (χ1v) is 5.50. The number of hydrogen-bond donors (Lipinski definition) is 2. The molecule has 1 heterocycles. The molecule has 17 heavy (non-hydrogen) atoms. The smallest absolute Gasteiger partial charge is 0.257 e. The number of benzene rings is 1. The number of anilines is 1. The van der Waals surface area contributed by atoms with Crippen molar-refractivity contribution in [3.8, 4) is 6.07 Å². The summed E-state index contributed by atoms with van der Waals surface area (Å²) in [5, 5.41) is 12.1. The Hall–Kier alpha value is -2.06. The number of rotatable bonds is 1. The summed E-state index contributed by atoms with van der Waals surface area (Å²) in [6, 6.07) is 8.64. The van der Waals surface area contributed by atoms with Crippen molar-refractivity contribution in [2.24, 2.45) is 0 Å². The van der Waals surface area contributed by atoms with Crippen LogP contribution in [0.3, 0.4) is 0 Å². The largest absolute Gasteiger partial charge is 0.398 e. The molecule has 0 aromatic heterocycles. The van der Waals surface area contributed by atoms with E-state index in [-0.39, 0.29) is 5.91 Å². The molecule has 0 radical (unpaired) electrons. The van der Waals surface area contributed by atoms with E-state index in [4.69, 9.17) is 11.0 Å². The quantitative estimate of drug-likeness (QED) is 0.675. The summed E-state index contributed by atoms with van der Waals surface area (Å²) >= 11 is 0. The number of nitriles is 1. The second kappa shape index (κ2) is 4.85. The van der Waals surface area contributed by atoms with Gasteiger partial charge < -0.3 is 16.0 Å². The van der Waals surface area contributed by atoms with Gasteiger partial charge in [-0.15, -0.1) is 0 Å². The molecule has 1 aromatic rings. The minimum absolute atomic E-state index is 0.170. The molecule has 1 unspecified atom stereocenters. The maximum atomic E-state index is 12.3. The van der Waals surface area contributed by atoms with Crippen LogP contribution in [-0.4, -0.2) is 36.5 Å². The summed E-state index contributed by atoms with van der Waals surface area (Å²) in [4.78, 5) is 13.8. The van der Waals surface area contributed by atoms with E-state index in [1.54, 1.807) is 29.2 Å². The summed E-state index contributed by atoms with van der Waals surface area (Å²) in [6.45, 7) is 1.75. The first-order valence-electron chi connectivity index (χ1n) is 5.50. The first-order chi connectivity index (χ1) is 8.24. The molecule has 1 amide bonds. The molecular formula is C12H14N4O. The summed E-state index contributed by atoms with van der Waals surface area (Å²) in [5.74, 6) is -0.170. The molecule has 1 fully saturated rings. The third kappa shape index (κ3) is 2.22. The van der Waals surface area contributed by atoms with E-state index in [1.807, 2.05) is 0 Å². The lowest BCUT2D eigenvalue weighted by atomic mass is 10.1. The number of para-hydroxylation sites is 1. The third-order valence-corrected chi connectivity index (χ3v) is 2.84. The van der Waals surface area contributed by atoms with E-state index in [1.165, 1.54) is 0 Å². The van der Waals surface area contributed by atoms with Crippen molar-refractivity contribution < 1.29 is 4.79 Å². The lowest BCUT2D eigenvalue weighted by Crippen LogP contribution is -2.53. The standard InChI is InChI=1S/C12H14N4O/c13-7-9-8-15-5-6-16(9)12(17)10-3-1-2-4-11(10)14/h1-4,9,15H,5-6,8,14H2. The Bertz CT molecular complexity index is 466. The number of hydrogen-bond acceptors (Lipinski definition) is 4. The van der Waals surface area contributed by atoms with E-state index in [0.29, 0.717) is 30.9 Å². The number of nitrogens with two attached hydrogens (primary N) is 1. The molecule has 0 bridgehead atoms. The van der Waals surface area contributed by atoms with Gasteiger partial charge in [0.1, 0.15) is 6.04 Å². The van der Waals surface area contributed by atoms with Crippen molar-refractivity contribution in [1.82, 2.24) is 10.2 Å². The van der Waals surface area contributed by atoms with E-state index in [0.717, 1.165) is 0 Å². The van der Waals surface area contributed by atoms with E-state index >= 15 is 0 Å². The first kappa shape index (κ1) is 11.4. The van der Waals surface area contributed by atoms with Gasteiger partial charge in [0.05, 0.1) is 11.6 Å². The molecule has 1 atom stereocenters. The van der Waals surface area contributed by atoms with Gasteiger partial charge in [-0.1, -0.05) is 12.1 Å². The number of nitrogens with zero attached hydrogens (tertiary/aromatic N) is 2. The van der Waals surface area contributed by atoms with Crippen LogP contribution >= 0.6 is 0 Å². The van der Waals surface area contributed by atoms with Crippen molar-refractivity contribution >= 4 is 11.6 Å². The average Bonchev–Trinajstić information content (AvgIpc) is 2.38. The summed E-state index contributed by atoms with van der Waals surface area (Å²) in [5.41, 5.74) is 6.69. The van der Waals surface area contributed by atoms with Crippen LogP contribution in [-0.2, 0) is 0 Å². The lowest BCUT2D eigenvalue weighted by Gasteiger charge is -2.32. The predicted octanol–water partition coefficient (Wildman–Crippen LogP) is 0.206. The normalized spacial score (nSPS) is 19.7. The highest BCUT2D eigenvalue weighted by atomic mass is 16.2. The van der Waals surface area contributed by atoms with Gasteiger partial charge in [-0.25, -0.2) is 0 Å². The van der Waals surface area contributed by atoms with E-state index in [2.05, 4.69) is 11.4 Å². The van der Waals surface area contributed by atoms with Crippen molar-refractivity contribution in [3.63, 3.8) is 0 Å². The molecule has 2 rings (SSSR count). The van der Waals surface area contributed by atoms with Gasteiger partial charge in [0.15, 0.2) is 0 Å². The van der Waals surface area contributed by atoms with Gasteiger partial charge in [-0.05, 0) is 12.1 Å². The van der Waals surface area contributed by atoms with Gasteiger partial charge in [-0.2, -0.15) is 5.26 Å². The highest BCUT2D eigenvalue weighted by molar-refractivity contribution is 5.99. The predicted molar refractivity (Wildman–Crippen MR) is 64.2 cm³/mol. The van der Waals surface area contributed by atoms with Crippen molar-refractivity contribution in [3.05, 3.63) is 29.8 Å². The summed E-state index contributed by atoms with van der Waals surface area (Å²) in [7, 11) is 0. The molecule has 88 valence electrons. The van der Waals surface area contributed by atoms with Crippen molar-refractivity contribution in [2.75, 3.05) is 25.4 Å². The molecular weight excluding hydrogens is 216 g/mol. The maximum Gasteiger partial charge on any atom is 0.257 e. The number of nitrogens with one attached hydrogen (secondary N) is 1. The molecule has 3 N–H and O–H groups in total. The van der Waals surface area contributed by atoms with Crippen LogP contribution in [0.25, 0.3) is 0 Å². The molecule has 0 aliphatic carbocycles. The Labute approximate surface area is 99.8 Å². The number of carbonyl (C=O) groups is 1. The van der Waals surface area contributed by atoms with Crippen molar-refractivity contribution in [1.29, 1.82) is 5.26 Å². The number of nitrogen functional groups attached to an aromatic ring is 1. The monoisotopic (exact) mass is 230 g/mol. The molecule has 1 aliphatic rings. The molecule has 0 spiro atoms. The Morgan fingerprint density at radius 2 is 2.29 bits per heavy atom. The minimum atomic E-state index is -0.421. The van der Waals surface area contributed by atoms with Crippen LogP contribution in [0, 0.1) is 11.3 Å². The lowest BCUT2D eigenvalue weighted by molar-refractivity contribution is 0.0688. The molecule has 1 aromatic carbocycles. The Kier molecular flexibility index (Phi) is 3.26. The van der Waals surface area contributed by atoms with E-state index < -0.39 is 6.04 Å². The Morgan fingerprint density at radius 3 is 3.00 bits per heavy atom. The van der Waals surface area contributed by atoms with Crippen molar-refractivity contribution in [2.45, 2.75) is 6.04 Å². The summed E-state index contributed by atoms with van der Waals surface area (Å²) in [6.07, 6.45) is 0. The van der Waals surface area contributed by atoms with Crippen LogP contribution in [0.4, 0.5) is 5.69 Å². The highest BCUT2D eigenvalue weighted by Crippen LogP contribution is 2.15. The molecule has 5 heteroatoms. The van der Waals surface area contributed by atoms with Crippen LogP contribution in [0.15, 0.2) is 24.3 Å². The van der Waals surface area contributed by atoms with Gasteiger partial charge in [0.2, 0.25) is 0 Å². The average molecular weight is 230 g/mol. The number of amides is 1. The van der Waals surface area contributed by atoms with Crippen LogP contribution in [0.5, 0.6) is 0 Å². The minimum Gasteiger partial charge on any atom is -0.398 e. The highest BCUT2D eigenvalue weighted by Gasteiger charge is 2.27. The Morgan fingerprint density at radius 1 is 1.53 bits per heavy atom. The third-order valence-electron chi connectivity index (χ3n) is 2.84. The molecule has 0 saturated carbocycles. The molecule has 1 aliphatic heterocycles. The SMILES string of the molecule is N#CC1CNCCN1C(=O)c1ccccc1N. The van der Waals surface area contributed by atoms with Crippen LogP contribution < -0.4 is 11.1 Å². The second-order valence-electron chi connectivity index (χ2n) is 3.93. The fraction of sp³-hybridized carbons (Fsp3) is 0.333. The number of piperazine rings is 1. The molecule has 5 nitrogen and oxygen atoms in total. The Balaban J connectivity index is 2.25. The van der Waals surface area contributed by atoms with Gasteiger partial charge >= 0.3 is 0 Å². The summed E-state index contributed by atoms with van der Waals surface area (Å²) < 4.78 is 0. The van der Waals surface area contributed by atoms with Crippen LogP contribution in [0.2, 0.25) is 0 Å². The zero-order valence-electron chi connectivity index (χ0n) is 9.39. The zero-order chi connectivity index (χ0) is 12.3. The van der Waals surface area contributed by atoms with E-state index in [9.17, 15) is 4.79 Å². The number of carbonyl (C=O) groups excluding carboxylic acids is 1. The van der Waals surface area contributed by atoms with Crippen LogP contribution in [0.1, 0.15) is 10.4 Å². The fourth-order valence-electron chi connectivity index (χ4n) is 1.91. The second-order valence-corrected chi connectivity index (χ2v) is 3.93. The van der Waals surface area contributed by atoms with Gasteiger partial charge in [0.25, 0.3) is 5.91 Å². The van der Waals surface area contributed by atoms with Gasteiger partial charge in [-0.3, -0.25) is 4.79 Å².